The van der Waals surface area contributed by atoms with Crippen LogP contribution in [0.4, 0.5) is 5.69 Å². The maximum absolute atomic E-state index is 12.4. The molecule has 1 aliphatic heterocycles. The van der Waals surface area contributed by atoms with Gasteiger partial charge < -0.3 is 10.1 Å². The van der Waals surface area contributed by atoms with Crippen molar-refractivity contribution in [3.8, 4) is 0 Å². The fourth-order valence-electron chi connectivity index (χ4n) is 2.80. The number of halogens is 1. The second-order valence-corrected chi connectivity index (χ2v) is 6.75. The second-order valence-electron chi connectivity index (χ2n) is 6.32. The highest BCUT2D eigenvalue weighted by atomic mass is 35.5. The predicted octanol–water partition coefficient (Wildman–Crippen LogP) is 3.31. The van der Waals surface area contributed by atoms with Gasteiger partial charge in [0.25, 0.3) is 17.7 Å². The summed E-state index contributed by atoms with van der Waals surface area (Å²) >= 11 is 5.87. The first-order chi connectivity index (χ1) is 13.8. The standard InChI is InChI=1S/C21H17ClN2O5/c1-3-9-24-19(26)16-8-7-13(10-17(16)20(24)27)21(28)29-12(2)18(25)23-15-6-4-5-14(22)11-15/h3-8,10-12H,1,9H2,2H3,(H,23,25). The van der Waals surface area contributed by atoms with Gasteiger partial charge in [0.1, 0.15) is 0 Å². The van der Waals surface area contributed by atoms with Crippen LogP contribution in [0.2, 0.25) is 5.02 Å². The summed E-state index contributed by atoms with van der Waals surface area (Å²) in [6.45, 7) is 5.02. The first-order valence-corrected chi connectivity index (χ1v) is 9.08. The summed E-state index contributed by atoms with van der Waals surface area (Å²) in [5.74, 6) is -2.28. The van der Waals surface area contributed by atoms with Gasteiger partial charge in [0.2, 0.25) is 0 Å². The number of hydrogen-bond donors (Lipinski definition) is 1. The lowest BCUT2D eigenvalue weighted by molar-refractivity contribution is -0.123. The number of carbonyl (C=O) groups is 4. The molecule has 1 N–H and O–H groups in total. The molecule has 148 valence electrons. The van der Waals surface area contributed by atoms with Gasteiger partial charge in [0, 0.05) is 17.3 Å². The zero-order chi connectivity index (χ0) is 21.1. The molecule has 2 aromatic rings. The molecule has 2 aromatic carbocycles. The number of hydrogen-bond acceptors (Lipinski definition) is 5. The number of anilines is 1. The lowest BCUT2D eigenvalue weighted by Crippen LogP contribution is -2.30. The molecule has 0 fully saturated rings. The van der Waals surface area contributed by atoms with E-state index in [2.05, 4.69) is 11.9 Å². The zero-order valence-electron chi connectivity index (χ0n) is 15.5. The number of esters is 1. The van der Waals surface area contributed by atoms with Gasteiger partial charge in [-0.1, -0.05) is 23.7 Å². The lowest BCUT2D eigenvalue weighted by Gasteiger charge is -2.14. The Hall–Kier alpha value is -3.45. The highest BCUT2D eigenvalue weighted by Gasteiger charge is 2.35. The molecule has 8 heteroatoms. The second kappa shape index (κ2) is 8.28. The van der Waals surface area contributed by atoms with Gasteiger partial charge in [0.05, 0.1) is 16.7 Å². The number of nitrogens with zero attached hydrogens (tertiary/aromatic N) is 1. The highest BCUT2D eigenvalue weighted by molar-refractivity contribution is 6.30. The Bertz CT molecular complexity index is 1030. The van der Waals surface area contributed by atoms with Crippen molar-refractivity contribution in [3.63, 3.8) is 0 Å². The van der Waals surface area contributed by atoms with Gasteiger partial charge in [-0.25, -0.2) is 4.79 Å². The third-order valence-electron chi connectivity index (χ3n) is 4.26. The van der Waals surface area contributed by atoms with E-state index in [1.54, 1.807) is 24.3 Å². The SMILES string of the molecule is C=CCN1C(=O)c2ccc(C(=O)OC(C)C(=O)Nc3cccc(Cl)c3)cc2C1=O. The topological polar surface area (TPSA) is 92.8 Å². The van der Waals surface area contributed by atoms with Crippen LogP contribution in [-0.2, 0) is 9.53 Å². The molecule has 1 atom stereocenters. The molecule has 0 spiro atoms. The molecule has 0 aliphatic carbocycles. The Balaban J connectivity index is 1.70. The van der Waals surface area contributed by atoms with Gasteiger partial charge >= 0.3 is 5.97 Å². The maximum Gasteiger partial charge on any atom is 0.338 e. The average molecular weight is 413 g/mol. The summed E-state index contributed by atoms with van der Waals surface area (Å²) in [7, 11) is 0. The first-order valence-electron chi connectivity index (χ1n) is 8.70. The maximum atomic E-state index is 12.4. The van der Waals surface area contributed by atoms with E-state index in [0.29, 0.717) is 10.7 Å². The average Bonchev–Trinajstić information content (AvgIpc) is 2.92. The quantitative estimate of drug-likeness (QED) is 0.446. The number of fused-ring (bicyclic) bond motifs is 1. The van der Waals surface area contributed by atoms with E-state index in [1.807, 2.05) is 0 Å². The Kier molecular flexibility index (Phi) is 5.79. The summed E-state index contributed by atoms with van der Waals surface area (Å²) in [5.41, 5.74) is 0.851. The van der Waals surface area contributed by atoms with Crippen molar-refractivity contribution in [1.82, 2.24) is 4.90 Å². The molecule has 0 saturated carbocycles. The minimum Gasteiger partial charge on any atom is -0.449 e. The molecule has 7 nitrogen and oxygen atoms in total. The first kappa shape index (κ1) is 20.3. The minimum atomic E-state index is -1.09. The van der Waals surface area contributed by atoms with Gasteiger partial charge in [-0.15, -0.1) is 6.58 Å². The van der Waals surface area contributed by atoms with Gasteiger partial charge in [0.15, 0.2) is 6.10 Å². The van der Waals surface area contributed by atoms with E-state index in [1.165, 1.54) is 31.2 Å². The Morgan fingerprint density at radius 3 is 2.59 bits per heavy atom. The van der Waals surface area contributed by atoms with E-state index in [4.69, 9.17) is 16.3 Å². The number of nitrogens with one attached hydrogen (secondary N) is 1. The van der Waals surface area contributed by atoms with Crippen molar-refractivity contribution >= 4 is 41.0 Å². The molecule has 1 heterocycles. The highest BCUT2D eigenvalue weighted by Crippen LogP contribution is 2.24. The smallest absolute Gasteiger partial charge is 0.338 e. The molecule has 0 aromatic heterocycles. The zero-order valence-corrected chi connectivity index (χ0v) is 16.2. The summed E-state index contributed by atoms with van der Waals surface area (Å²) in [6, 6.07) is 10.6. The molecule has 0 saturated heterocycles. The van der Waals surface area contributed by atoms with Crippen molar-refractivity contribution in [1.29, 1.82) is 0 Å². The molecule has 3 rings (SSSR count). The Morgan fingerprint density at radius 2 is 1.90 bits per heavy atom. The largest absolute Gasteiger partial charge is 0.449 e. The monoisotopic (exact) mass is 412 g/mol. The minimum absolute atomic E-state index is 0.0627. The number of benzene rings is 2. The van der Waals surface area contributed by atoms with Crippen molar-refractivity contribution in [2.75, 3.05) is 11.9 Å². The fourth-order valence-corrected chi connectivity index (χ4v) is 3.00. The van der Waals surface area contributed by atoms with E-state index in [9.17, 15) is 19.2 Å². The van der Waals surface area contributed by atoms with Crippen LogP contribution in [0.15, 0.2) is 55.1 Å². The van der Waals surface area contributed by atoms with Crippen LogP contribution in [0.5, 0.6) is 0 Å². The van der Waals surface area contributed by atoms with E-state index >= 15 is 0 Å². The van der Waals surface area contributed by atoms with Crippen LogP contribution >= 0.6 is 11.6 Å². The number of rotatable bonds is 6. The lowest BCUT2D eigenvalue weighted by atomic mass is 10.1. The van der Waals surface area contributed by atoms with Crippen LogP contribution < -0.4 is 5.32 Å². The third-order valence-corrected chi connectivity index (χ3v) is 4.50. The molecule has 1 aliphatic rings. The van der Waals surface area contributed by atoms with Crippen LogP contribution in [0.3, 0.4) is 0 Å². The number of ether oxygens (including phenoxy) is 1. The predicted molar refractivity (Wildman–Crippen MR) is 107 cm³/mol. The number of imide groups is 1. The van der Waals surface area contributed by atoms with Crippen molar-refractivity contribution < 1.29 is 23.9 Å². The number of amides is 3. The summed E-state index contributed by atoms with van der Waals surface area (Å²) in [5, 5.41) is 3.05. The molecule has 29 heavy (non-hydrogen) atoms. The van der Waals surface area contributed by atoms with Crippen LogP contribution in [-0.4, -0.2) is 41.2 Å². The van der Waals surface area contributed by atoms with Crippen LogP contribution in [0.25, 0.3) is 0 Å². The fraction of sp³-hybridized carbons (Fsp3) is 0.143. The third kappa shape index (κ3) is 4.20. The van der Waals surface area contributed by atoms with E-state index < -0.39 is 29.8 Å². The molecular formula is C21H17ClN2O5. The van der Waals surface area contributed by atoms with Crippen molar-refractivity contribution in [2.24, 2.45) is 0 Å². The molecule has 1 unspecified atom stereocenters. The van der Waals surface area contributed by atoms with Gasteiger partial charge in [-0.05, 0) is 43.3 Å². The van der Waals surface area contributed by atoms with Crippen molar-refractivity contribution in [2.45, 2.75) is 13.0 Å². The van der Waals surface area contributed by atoms with Crippen LogP contribution in [0, 0.1) is 0 Å². The van der Waals surface area contributed by atoms with Gasteiger partial charge in [-0.2, -0.15) is 0 Å². The molecule has 0 radical (unpaired) electrons. The van der Waals surface area contributed by atoms with Crippen LogP contribution in [0.1, 0.15) is 38.0 Å². The molecular weight excluding hydrogens is 396 g/mol. The summed E-state index contributed by atoms with van der Waals surface area (Å²) < 4.78 is 5.19. The Labute approximate surface area is 171 Å². The number of carbonyl (C=O) groups excluding carboxylic acids is 4. The van der Waals surface area contributed by atoms with E-state index in [-0.39, 0.29) is 23.2 Å². The summed E-state index contributed by atoms with van der Waals surface area (Å²) in [6.07, 6.45) is 0.348. The molecule has 0 bridgehead atoms. The molecule has 3 amide bonds. The van der Waals surface area contributed by atoms with E-state index in [0.717, 1.165) is 4.90 Å². The van der Waals surface area contributed by atoms with Gasteiger partial charge in [-0.3, -0.25) is 19.3 Å². The Morgan fingerprint density at radius 1 is 1.17 bits per heavy atom. The van der Waals surface area contributed by atoms with Crippen molar-refractivity contribution in [3.05, 3.63) is 76.8 Å². The normalized spacial score (nSPS) is 13.7. The summed E-state index contributed by atoms with van der Waals surface area (Å²) in [4.78, 5) is 50.3.